The number of fused-ring (bicyclic) bond motifs is 2. The Morgan fingerprint density at radius 3 is 2.97 bits per heavy atom. The molecule has 2 aromatic heterocycles. The molecule has 0 amide bonds. The predicted octanol–water partition coefficient (Wildman–Crippen LogP) is 3.32. The Balaban J connectivity index is 1.53. The largest absolute Gasteiger partial charge is 0.495 e. The molecule has 1 saturated carbocycles. The minimum absolute atomic E-state index is 0.0273. The summed E-state index contributed by atoms with van der Waals surface area (Å²) in [6.45, 7) is 1.93. The fraction of sp³-hybridized carbons (Fsp3) is 0.318. The second kappa shape index (κ2) is 6.40. The summed E-state index contributed by atoms with van der Waals surface area (Å²) in [6, 6.07) is 9.11. The van der Waals surface area contributed by atoms with Crippen molar-refractivity contribution in [3.63, 3.8) is 0 Å². The number of pyridine rings is 2. The molecular weight excluding hydrogens is 371 g/mol. The van der Waals surface area contributed by atoms with Crippen LogP contribution < -0.4 is 10.5 Å². The lowest BCUT2D eigenvalue weighted by Gasteiger charge is -2.30. The quantitative estimate of drug-likeness (QED) is 0.737. The molecule has 1 aliphatic carbocycles. The van der Waals surface area contributed by atoms with Crippen LogP contribution >= 0.6 is 0 Å². The Kier molecular flexibility index (Phi) is 3.94. The molecule has 0 radical (unpaired) electrons. The van der Waals surface area contributed by atoms with Crippen LogP contribution in [0.1, 0.15) is 30.2 Å². The molecule has 0 bridgehead atoms. The molecule has 1 fully saturated rings. The Hall–Kier alpha value is -3.22. The van der Waals surface area contributed by atoms with E-state index in [4.69, 9.17) is 15.2 Å². The predicted molar refractivity (Wildman–Crippen MR) is 107 cm³/mol. The number of amidine groups is 1. The minimum Gasteiger partial charge on any atom is -0.495 e. The van der Waals surface area contributed by atoms with E-state index in [1.54, 1.807) is 25.6 Å². The summed E-state index contributed by atoms with van der Waals surface area (Å²) in [6.07, 6.45) is 4.82. The normalized spacial score (nSPS) is 25.1. The highest BCUT2D eigenvalue weighted by molar-refractivity contribution is 5.81. The highest BCUT2D eigenvalue weighted by Gasteiger charge is 2.57. The number of hydrogen-bond donors (Lipinski definition) is 1. The third kappa shape index (κ3) is 2.97. The molecule has 6 nitrogen and oxygen atoms in total. The van der Waals surface area contributed by atoms with Gasteiger partial charge in [-0.3, -0.25) is 9.97 Å². The molecule has 7 heteroatoms. The molecule has 5 rings (SSSR count). The van der Waals surface area contributed by atoms with Crippen LogP contribution in [0.5, 0.6) is 5.75 Å². The minimum atomic E-state index is -0.717. The van der Waals surface area contributed by atoms with Crippen molar-refractivity contribution < 1.29 is 13.9 Å². The number of hydrogen-bond acceptors (Lipinski definition) is 6. The van der Waals surface area contributed by atoms with E-state index in [0.717, 1.165) is 28.6 Å². The summed E-state index contributed by atoms with van der Waals surface area (Å²) in [7, 11) is 1.61. The maximum Gasteiger partial charge on any atom is 0.283 e. The van der Waals surface area contributed by atoms with Crippen LogP contribution in [0.4, 0.5) is 4.39 Å². The van der Waals surface area contributed by atoms with Crippen LogP contribution in [0.15, 0.2) is 47.7 Å². The van der Waals surface area contributed by atoms with Crippen molar-refractivity contribution in [2.75, 3.05) is 7.11 Å². The van der Waals surface area contributed by atoms with E-state index in [1.165, 1.54) is 6.07 Å². The summed E-state index contributed by atoms with van der Waals surface area (Å²) in [4.78, 5) is 13.5. The van der Waals surface area contributed by atoms with Gasteiger partial charge in [0.25, 0.3) is 6.02 Å². The van der Waals surface area contributed by atoms with E-state index < -0.39 is 5.54 Å². The van der Waals surface area contributed by atoms with Gasteiger partial charge >= 0.3 is 0 Å². The van der Waals surface area contributed by atoms with Crippen molar-refractivity contribution in [3.05, 3.63) is 65.4 Å². The average molecular weight is 392 g/mol. The van der Waals surface area contributed by atoms with Crippen LogP contribution in [0.25, 0.3) is 10.9 Å². The van der Waals surface area contributed by atoms with E-state index >= 15 is 0 Å². The van der Waals surface area contributed by atoms with E-state index in [1.807, 2.05) is 25.1 Å². The van der Waals surface area contributed by atoms with Crippen molar-refractivity contribution in [2.45, 2.75) is 31.4 Å². The third-order valence-corrected chi connectivity index (χ3v) is 5.90. The average Bonchev–Trinajstić information content (AvgIpc) is 3.49. The lowest BCUT2D eigenvalue weighted by Crippen LogP contribution is -2.35. The van der Waals surface area contributed by atoms with Crippen LogP contribution in [-0.2, 0) is 16.7 Å². The Bertz CT molecular complexity index is 1150. The topological polar surface area (TPSA) is 82.6 Å². The molecule has 2 N–H and O–H groups in total. The Labute approximate surface area is 167 Å². The maximum absolute atomic E-state index is 14.8. The van der Waals surface area contributed by atoms with Crippen LogP contribution in [-0.4, -0.2) is 29.2 Å². The maximum atomic E-state index is 14.8. The van der Waals surface area contributed by atoms with Gasteiger partial charge in [0.1, 0.15) is 17.7 Å². The zero-order valence-corrected chi connectivity index (χ0v) is 16.2. The number of rotatable bonds is 4. The molecule has 0 saturated heterocycles. The smallest absolute Gasteiger partial charge is 0.283 e. The lowest BCUT2D eigenvalue weighted by molar-refractivity contribution is 0.202. The van der Waals surface area contributed by atoms with E-state index in [0.29, 0.717) is 17.7 Å². The van der Waals surface area contributed by atoms with Gasteiger partial charge in [-0.15, -0.1) is 0 Å². The monoisotopic (exact) mass is 392 g/mol. The first-order valence-corrected chi connectivity index (χ1v) is 9.56. The highest BCUT2D eigenvalue weighted by atomic mass is 19.1. The number of ether oxygens (including phenoxy) is 2. The molecule has 0 spiro atoms. The number of aliphatic imine (C=N–C) groups is 1. The third-order valence-electron chi connectivity index (χ3n) is 5.90. The molecule has 1 aromatic carbocycles. The first kappa shape index (κ1) is 17.8. The Morgan fingerprint density at radius 1 is 1.28 bits per heavy atom. The van der Waals surface area contributed by atoms with Crippen LogP contribution in [0, 0.1) is 11.7 Å². The number of nitrogens with zero attached hydrogens (tertiary/aromatic N) is 3. The molecule has 0 unspecified atom stereocenters. The second-order valence-corrected chi connectivity index (χ2v) is 7.79. The number of nitrogens with two attached hydrogens (primary N) is 1. The summed E-state index contributed by atoms with van der Waals surface area (Å²) in [5.41, 5.74) is 8.24. The molecule has 1 aliphatic heterocycles. The lowest BCUT2D eigenvalue weighted by atomic mass is 9.85. The fourth-order valence-electron chi connectivity index (χ4n) is 4.25. The summed E-state index contributed by atoms with van der Waals surface area (Å²) >= 11 is 0. The number of aromatic nitrogens is 2. The summed E-state index contributed by atoms with van der Waals surface area (Å²) in [5, 5.41) is 0.950. The van der Waals surface area contributed by atoms with Gasteiger partial charge in [0.15, 0.2) is 0 Å². The van der Waals surface area contributed by atoms with Gasteiger partial charge in [-0.25, -0.2) is 9.38 Å². The van der Waals surface area contributed by atoms with Gasteiger partial charge in [-0.2, -0.15) is 0 Å². The SMILES string of the molecule is COc1cnc2c(Cc3ccc(F)c([C@@]4(C)N=C(N)O[C@H]5C[C@H]54)c3)nccc2c1. The summed E-state index contributed by atoms with van der Waals surface area (Å²) in [5.74, 6) is 0.555. The second-order valence-electron chi connectivity index (χ2n) is 7.79. The van der Waals surface area contributed by atoms with Crippen molar-refractivity contribution in [1.29, 1.82) is 0 Å². The van der Waals surface area contributed by atoms with E-state index in [2.05, 4.69) is 15.0 Å². The van der Waals surface area contributed by atoms with Gasteiger partial charge in [-0.05, 0) is 37.1 Å². The first-order chi connectivity index (χ1) is 14.0. The first-order valence-electron chi connectivity index (χ1n) is 9.56. The van der Waals surface area contributed by atoms with Crippen LogP contribution in [0.3, 0.4) is 0 Å². The highest BCUT2D eigenvalue weighted by Crippen LogP contribution is 2.53. The standard InChI is InChI=1S/C22H21FN4O2/c1-22(16-10-19(16)29-21(24)27-22)15-7-12(3-4-17(15)23)8-18-20-13(5-6-25-18)9-14(28-2)11-26-20/h3-7,9,11,16,19H,8,10H2,1-2H3,(H2,24,27)/t16-,19+,22-/m1/s1. The molecule has 3 atom stereocenters. The zero-order chi connectivity index (χ0) is 20.2. The van der Waals surface area contributed by atoms with Gasteiger partial charge < -0.3 is 15.2 Å². The molecule has 3 heterocycles. The van der Waals surface area contributed by atoms with Gasteiger partial charge in [-0.1, -0.05) is 12.1 Å². The van der Waals surface area contributed by atoms with E-state index in [9.17, 15) is 4.39 Å². The summed E-state index contributed by atoms with van der Waals surface area (Å²) < 4.78 is 25.5. The van der Waals surface area contributed by atoms with Gasteiger partial charge in [0.05, 0.1) is 30.1 Å². The Morgan fingerprint density at radius 2 is 2.14 bits per heavy atom. The van der Waals surface area contributed by atoms with E-state index in [-0.39, 0.29) is 23.9 Å². The molecule has 148 valence electrons. The zero-order valence-electron chi connectivity index (χ0n) is 16.2. The van der Waals surface area contributed by atoms with Crippen molar-refractivity contribution >= 4 is 16.9 Å². The van der Waals surface area contributed by atoms with Crippen LogP contribution in [0.2, 0.25) is 0 Å². The van der Waals surface area contributed by atoms with Crippen molar-refractivity contribution in [3.8, 4) is 5.75 Å². The fourth-order valence-corrected chi connectivity index (χ4v) is 4.25. The van der Waals surface area contributed by atoms with Crippen molar-refractivity contribution in [2.24, 2.45) is 16.6 Å². The number of benzene rings is 1. The van der Waals surface area contributed by atoms with Gasteiger partial charge in [0, 0.05) is 29.5 Å². The molecular formula is C22H21FN4O2. The molecule has 3 aromatic rings. The molecule has 29 heavy (non-hydrogen) atoms. The number of methoxy groups -OCH3 is 1. The van der Waals surface area contributed by atoms with Gasteiger partial charge in [0.2, 0.25) is 0 Å². The number of halogens is 1. The van der Waals surface area contributed by atoms with Crippen molar-refractivity contribution in [1.82, 2.24) is 9.97 Å². The molecule has 2 aliphatic rings.